The minimum Gasteiger partial charge on any atom is -0.493 e. The second kappa shape index (κ2) is 8.86. The fourth-order valence-corrected chi connectivity index (χ4v) is 2.21. The summed E-state index contributed by atoms with van der Waals surface area (Å²) in [6.07, 6.45) is 4.03. The topological polar surface area (TPSA) is 36.9 Å². The van der Waals surface area contributed by atoms with Gasteiger partial charge in [-0.1, -0.05) is 42.5 Å². The lowest BCUT2D eigenvalue weighted by Gasteiger charge is -2.14. The van der Waals surface area contributed by atoms with Crippen molar-refractivity contribution in [3.05, 3.63) is 59.7 Å². The van der Waals surface area contributed by atoms with Crippen molar-refractivity contribution in [3.8, 4) is 17.2 Å². The number of hydrogen-bond acceptors (Lipinski definition) is 4. The highest BCUT2D eigenvalue weighted by atomic mass is 16.5. The van der Waals surface area contributed by atoms with Crippen LogP contribution in [0.1, 0.15) is 11.1 Å². The van der Waals surface area contributed by atoms with Crippen molar-refractivity contribution in [2.75, 3.05) is 27.9 Å². The molecule has 4 heteroatoms. The van der Waals surface area contributed by atoms with E-state index in [1.165, 1.54) is 0 Å². The minimum absolute atomic E-state index is 0.468. The van der Waals surface area contributed by atoms with Crippen LogP contribution in [0.15, 0.2) is 48.5 Å². The number of rotatable bonds is 8. The normalized spacial score (nSPS) is 10.7. The van der Waals surface area contributed by atoms with Crippen LogP contribution in [0.3, 0.4) is 0 Å². The van der Waals surface area contributed by atoms with E-state index in [0.717, 1.165) is 11.1 Å². The lowest BCUT2D eigenvalue weighted by Crippen LogP contribution is -1.99. The first-order valence-corrected chi connectivity index (χ1v) is 7.36. The van der Waals surface area contributed by atoms with Crippen LogP contribution in [0.25, 0.3) is 6.08 Å². The largest absolute Gasteiger partial charge is 0.493 e. The highest BCUT2D eigenvalue weighted by Gasteiger charge is 2.12. The first-order chi connectivity index (χ1) is 11.3. The highest BCUT2D eigenvalue weighted by molar-refractivity contribution is 5.53. The number of methoxy groups -OCH3 is 3. The predicted octanol–water partition coefficient (Wildman–Crippen LogP) is 3.94. The van der Waals surface area contributed by atoms with Crippen LogP contribution in [0.4, 0.5) is 0 Å². The maximum absolute atomic E-state index is 5.68. The molecule has 0 radical (unpaired) electrons. The zero-order valence-electron chi connectivity index (χ0n) is 13.7. The standard InChI is InChI=1S/C19H22O4/c1-20-17-12-16(13-18(21-2)19(17)22-3)14-23-11-7-10-15-8-5-4-6-9-15/h4-10,12-13H,11,14H2,1-3H3/b10-7+. The Bertz CT molecular complexity index is 610. The van der Waals surface area contributed by atoms with E-state index < -0.39 is 0 Å². The summed E-state index contributed by atoms with van der Waals surface area (Å²) >= 11 is 0. The molecule has 122 valence electrons. The second-order valence-electron chi connectivity index (χ2n) is 4.86. The Hall–Kier alpha value is -2.46. The molecule has 2 aromatic carbocycles. The van der Waals surface area contributed by atoms with E-state index >= 15 is 0 Å². The van der Waals surface area contributed by atoms with E-state index in [2.05, 4.69) is 12.1 Å². The van der Waals surface area contributed by atoms with Crippen LogP contribution in [-0.4, -0.2) is 27.9 Å². The Morgan fingerprint density at radius 3 is 2.09 bits per heavy atom. The zero-order chi connectivity index (χ0) is 16.5. The molecule has 0 aliphatic heterocycles. The summed E-state index contributed by atoms with van der Waals surface area (Å²) in [7, 11) is 4.79. The van der Waals surface area contributed by atoms with Crippen LogP contribution < -0.4 is 14.2 Å². The first-order valence-electron chi connectivity index (χ1n) is 7.36. The molecule has 0 atom stereocenters. The molecule has 0 saturated heterocycles. The van der Waals surface area contributed by atoms with Gasteiger partial charge in [0, 0.05) is 0 Å². The Labute approximate surface area is 137 Å². The molecule has 2 rings (SSSR count). The first kappa shape index (κ1) is 16.9. The van der Waals surface area contributed by atoms with Crippen molar-refractivity contribution in [3.63, 3.8) is 0 Å². The van der Waals surface area contributed by atoms with Crippen molar-refractivity contribution in [2.45, 2.75) is 6.61 Å². The highest BCUT2D eigenvalue weighted by Crippen LogP contribution is 2.38. The van der Waals surface area contributed by atoms with Gasteiger partial charge in [0.1, 0.15) is 0 Å². The van der Waals surface area contributed by atoms with E-state index in [1.54, 1.807) is 21.3 Å². The molecule has 0 N–H and O–H groups in total. The van der Waals surface area contributed by atoms with Crippen LogP contribution in [0, 0.1) is 0 Å². The van der Waals surface area contributed by atoms with Crippen LogP contribution in [0.2, 0.25) is 0 Å². The van der Waals surface area contributed by atoms with Gasteiger partial charge >= 0.3 is 0 Å². The van der Waals surface area contributed by atoms with Crippen LogP contribution >= 0.6 is 0 Å². The van der Waals surface area contributed by atoms with E-state index in [1.807, 2.05) is 42.5 Å². The molecule has 0 heterocycles. The van der Waals surface area contributed by atoms with Gasteiger partial charge in [-0.2, -0.15) is 0 Å². The molecule has 0 fully saturated rings. The van der Waals surface area contributed by atoms with Gasteiger partial charge in [-0.3, -0.25) is 0 Å². The van der Waals surface area contributed by atoms with Crippen molar-refractivity contribution in [2.24, 2.45) is 0 Å². The van der Waals surface area contributed by atoms with Gasteiger partial charge in [-0.15, -0.1) is 0 Å². The summed E-state index contributed by atoms with van der Waals surface area (Å²) in [6.45, 7) is 1.00. The number of hydrogen-bond donors (Lipinski definition) is 0. The molecular weight excluding hydrogens is 292 g/mol. The van der Waals surface area contributed by atoms with E-state index in [0.29, 0.717) is 30.5 Å². The molecule has 0 unspecified atom stereocenters. The maximum atomic E-state index is 5.68. The van der Waals surface area contributed by atoms with Crippen molar-refractivity contribution in [1.82, 2.24) is 0 Å². The van der Waals surface area contributed by atoms with Crippen molar-refractivity contribution < 1.29 is 18.9 Å². The average Bonchev–Trinajstić information content (AvgIpc) is 2.61. The van der Waals surface area contributed by atoms with E-state index in [9.17, 15) is 0 Å². The Balaban J connectivity index is 1.94. The molecule has 23 heavy (non-hydrogen) atoms. The summed E-state index contributed by atoms with van der Waals surface area (Å²) in [5, 5.41) is 0. The molecule has 2 aromatic rings. The van der Waals surface area contributed by atoms with Gasteiger partial charge in [-0.05, 0) is 23.3 Å². The molecule has 0 saturated carbocycles. The van der Waals surface area contributed by atoms with Gasteiger partial charge in [0.05, 0.1) is 34.5 Å². The third kappa shape index (κ3) is 4.76. The molecular formula is C19H22O4. The molecule has 0 aliphatic carbocycles. The summed E-state index contributed by atoms with van der Waals surface area (Å²) in [6, 6.07) is 13.9. The maximum Gasteiger partial charge on any atom is 0.203 e. The summed E-state index contributed by atoms with van der Waals surface area (Å²) in [5.41, 5.74) is 2.12. The lowest BCUT2D eigenvalue weighted by atomic mass is 10.2. The number of benzene rings is 2. The van der Waals surface area contributed by atoms with Crippen molar-refractivity contribution >= 4 is 6.08 Å². The zero-order valence-corrected chi connectivity index (χ0v) is 13.7. The number of ether oxygens (including phenoxy) is 4. The molecule has 0 bridgehead atoms. The summed E-state index contributed by atoms with van der Waals surface area (Å²) in [4.78, 5) is 0. The molecule has 4 nitrogen and oxygen atoms in total. The van der Waals surface area contributed by atoms with Gasteiger partial charge in [0.15, 0.2) is 11.5 Å². The van der Waals surface area contributed by atoms with Gasteiger partial charge < -0.3 is 18.9 Å². The Morgan fingerprint density at radius 1 is 0.870 bits per heavy atom. The minimum atomic E-state index is 0.468. The van der Waals surface area contributed by atoms with Gasteiger partial charge in [-0.25, -0.2) is 0 Å². The fourth-order valence-electron chi connectivity index (χ4n) is 2.21. The molecule has 0 aromatic heterocycles. The van der Waals surface area contributed by atoms with Gasteiger partial charge in [0.2, 0.25) is 5.75 Å². The smallest absolute Gasteiger partial charge is 0.203 e. The Kier molecular flexibility index (Phi) is 6.51. The van der Waals surface area contributed by atoms with Crippen molar-refractivity contribution in [1.29, 1.82) is 0 Å². The third-order valence-corrected chi connectivity index (χ3v) is 3.32. The second-order valence-corrected chi connectivity index (χ2v) is 4.86. The fraction of sp³-hybridized carbons (Fsp3) is 0.263. The summed E-state index contributed by atoms with van der Waals surface area (Å²) < 4.78 is 21.6. The predicted molar refractivity (Wildman–Crippen MR) is 91.2 cm³/mol. The van der Waals surface area contributed by atoms with E-state index in [-0.39, 0.29) is 0 Å². The van der Waals surface area contributed by atoms with Gasteiger partial charge in [0.25, 0.3) is 0 Å². The molecule has 0 amide bonds. The average molecular weight is 314 g/mol. The van der Waals surface area contributed by atoms with Crippen LogP contribution in [0.5, 0.6) is 17.2 Å². The SMILES string of the molecule is COc1cc(COC/C=C/c2ccccc2)cc(OC)c1OC. The lowest BCUT2D eigenvalue weighted by molar-refractivity contribution is 0.148. The molecule has 0 spiro atoms. The molecule has 0 aliphatic rings. The summed E-state index contributed by atoms with van der Waals surface area (Å²) in [5.74, 6) is 1.85. The quantitative estimate of drug-likeness (QED) is 0.692. The van der Waals surface area contributed by atoms with E-state index in [4.69, 9.17) is 18.9 Å². The monoisotopic (exact) mass is 314 g/mol. The Morgan fingerprint density at radius 2 is 1.52 bits per heavy atom. The third-order valence-electron chi connectivity index (χ3n) is 3.32. The van der Waals surface area contributed by atoms with Crippen LogP contribution in [-0.2, 0) is 11.3 Å².